The van der Waals surface area contributed by atoms with Gasteiger partial charge in [-0.3, -0.25) is 10.1 Å². The molecule has 0 unspecified atom stereocenters. The third-order valence-electron chi connectivity index (χ3n) is 5.56. The summed E-state index contributed by atoms with van der Waals surface area (Å²) in [6.07, 6.45) is 6.12. The van der Waals surface area contributed by atoms with Crippen molar-refractivity contribution in [2.75, 3.05) is 11.9 Å². The maximum atomic E-state index is 12.5. The van der Waals surface area contributed by atoms with Gasteiger partial charge in [-0.15, -0.1) is 0 Å². The maximum Gasteiger partial charge on any atom is 0.240 e. The normalized spacial score (nSPS) is 15.3. The Hall–Kier alpha value is -2.71. The summed E-state index contributed by atoms with van der Waals surface area (Å²) in [5.41, 5.74) is 2.79. The van der Waals surface area contributed by atoms with Gasteiger partial charge in [0.2, 0.25) is 21.9 Å². The van der Waals surface area contributed by atoms with E-state index in [-0.39, 0.29) is 23.8 Å². The largest absolute Gasteiger partial charge is 0.324 e. The Morgan fingerprint density at radius 3 is 2.50 bits per heavy atom. The average Bonchev–Trinajstić information content (AvgIpc) is 3.16. The molecule has 4 rings (SSSR count). The van der Waals surface area contributed by atoms with Crippen LogP contribution in [0.5, 0.6) is 0 Å². The van der Waals surface area contributed by atoms with Crippen molar-refractivity contribution >= 4 is 32.9 Å². The fraction of sp³-hybridized carbons (Fsp3) is 0.364. The summed E-state index contributed by atoms with van der Waals surface area (Å²) >= 11 is 0. The number of anilines is 1. The van der Waals surface area contributed by atoms with E-state index in [1.807, 2.05) is 36.4 Å². The summed E-state index contributed by atoms with van der Waals surface area (Å²) in [6, 6.07) is 14.6. The Morgan fingerprint density at radius 1 is 1.03 bits per heavy atom. The fourth-order valence-corrected chi connectivity index (χ4v) is 4.98. The Kier molecular flexibility index (Phi) is 6.15. The molecule has 8 heteroatoms. The Bertz CT molecular complexity index is 1080. The second-order valence-electron chi connectivity index (χ2n) is 7.70. The van der Waals surface area contributed by atoms with Crippen LogP contribution in [0.25, 0.3) is 11.0 Å². The first-order chi connectivity index (χ1) is 14.5. The number of aromatic nitrogens is 2. The first-order valence-electron chi connectivity index (χ1n) is 10.4. The number of hydrogen-bond acceptors (Lipinski definition) is 4. The van der Waals surface area contributed by atoms with Crippen LogP contribution in [0.4, 0.5) is 5.95 Å². The molecular weight excluding hydrogens is 400 g/mol. The second kappa shape index (κ2) is 8.97. The summed E-state index contributed by atoms with van der Waals surface area (Å²) in [5, 5.41) is 2.66. The van der Waals surface area contributed by atoms with Gasteiger partial charge in [0.1, 0.15) is 0 Å². The first kappa shape index (κ1) is 20.6. The van der Waals surface area contributed by atoms with Crippen LogP contribution in [-0.4, -0.2) is 30.8 Å². The highest BCUT2D eigenvalue weighted by molar-refractivity contribution is 7.89. The number of fused-ring (bicyclic) bond motifs is 1. The standard InChI is InChI=1S/C22H26N4O3S/c27-21(26-22-24-19-8-4-5-9-20(19)25-22)14-15-23-30(28,29)18-12-10-17(11-13-18)16-6-2-1-3-7-16/h4-5,8-13,16,23H,1-3,6-7,14-15H2,(H2,24,25,26,27). The molecule has 1 saturated carbocycles. The number of carbonyl (C=O) groups is 1. The number of imidazole rings is 1. The van der Waals surface area contributed by atoms with E-state index in [2.05, 4.69) is 20.0 Å². The zero-order chi connectivity index (χ0) is 21.0. The van der Waals surface area contributed by atoms with E-state index < -0.39 is 10.0 Å². The van der Waals surface area contributed by atoms with E-state index in [1.54, 1.807) is 12.1 Å². The number of rotatable bonds is 7. The molecular formula is C22H26N4O3S. The molecule has 158 valence electrons. The number of para-hydroxylation sites is 2. The summed E-state index contributed by atoms with van der Waals surface area (Å²) in [7, 11) is -3.65. The SMILES string of the molecule is O=C(CCNS(=O)(=O)c1ccc(C2CCCCC2)cc1)Nc1nc2ccccc2[nH]1. The molecule has 0 saturated heterocycles. The van der Waals surface area contributed by atoms with Crippen molar-refractivity contribution in [1.29, 1.82) is 0 Å². The van der Waals surface area contributed by atoms with E-state index in [0.717, 1.165) is 11.0 Å². The molecule has 1 aromatic heterocycles. The minimum atomic E-state index is -3.65. The lowest BCUT2D eigenvalue weighted by Crippen LogP contribution is -2.28. The van der Waals surface area contributed by atoms with Crippen molar-refractivity contribution in [1.82, 2.24) is 14.7 Å². The first-order valence-corrected chi connectivity index (χ1v) is 11.8. The van der Waals surface area contributed by atoms with Crippen molar-refractivity contribution in [3.63, 3.8) is 0 Å². The molecule has 1 aliphatic rings. The van der Waals surface area contributed by atoms with Crippen molar-refractivity contribution in [3.8, 4) is 0 Å². The molecule has 1 aliphatic carbocycles. The van der Waals surface area contributed by atoms with Crippen LogP contribution in [0.3, 0.4) is 0 Å². The van der Waals surface area contributed by atoms with E-state index in [0.29, 0.717) is 11.9 Å². The Balaban J connectivity index is 1.29. The number of benzene rings is 2. The van der Waals surface area contributed by atoms with Gasteiger partial charge in [-0.05, 0) is 48.6 Å². The lowest BCUT2D eigenvalue weighted by Gasteiger charge is -2.22. The fourth-order valence-electron chi connectivity index (χ4n) is 3.94. The Labute approximate surface area is 176 Å². The van der Waals surface area contributed by atoms with Crippen LogP contribution in [-0.2, 0) is 14.8 Å². The molecule has 7 nitrogen and oxygen atoms in total. The molecule has 0 bridgehead atoms. The molecule has 1 fully saturated rings. The molecule has 0 atom stereocenters. The molecule has 0 aliphatic heterocycles. The Morgan fingerprint density at radius 2 is 1.77 bits per heavy atom. The van der Waals surface area contributed by atoms with Gasteiger partial charge in [0, 0.05) is 13.0 Å². The molecule has 0 spiro atoms. The number of hydrogen-bond donors (Lipinski definition) is 3. The number of nitrogens with zero attached hydrogens (tertiary/aromatic N) is 1. The van der Waals surface area contributed by atoms with Crippen LogP contribution in [0, 0.1) is 0 Å². The topological polar surface area (TPSA) is 104 Å². The summed E-state index contributed by atoms with van der Waals surface area (Å²) in [6.45, 7) is 0.0127. The van der Waals surface area contributed by atoms with E-state index in [9.17, 15) is 13.2 Å². The monoisotopic (exact) mass is 426 g/mol. The van der Waals surface area contributed by atoms with Crippen LogP contribution in [0.1, 0.15) is 50.0 Å². The van der Waals surface area contributed by atoms with Gasteiger partial charge in [0.25, 0.3) is 0 Å². The zero-order valence-electron chi connectivity index (χ0n) is 16.7. The second-order valence-corrected chi connectivity index (χ2v) is 9.47. The summed E-state index contributed by atoms with van der Waals surface area (Å²) < 4.78 is 27.5. The van der Waals surface area contributed by atoms with Gasteiger partial charge in [-0.2, -0.15) is 0 Å². The van der Waals surface area contributed by atoms with Gasteiger partial charge in [0.15, 0.2) is 0 Å². The minimum absolute atomic E-state index is 0.0104. The average molecular weight is 427 g/mol. The predicted octanol–water partition coefficient (Wildman–Crippen LogP) is 3.92. The molecule has 1 amide bonds. The molecule has 3 N–H and O–H groups in total. The molecule has 3 aromatic rings. The number of aromatic amines is 1. The lowest BCUT2D eigenvalue weighted by atomic mass is 9.84. The van der Waals surface area contributed by atoms with Crippen LogP contribution < -0.4 is 10.0 Å². The predicted molar refractivity (Wildman–Crippen MR) is 117 cm³/mol. The van der Waals surface area contributed by atoms with Gasteiger partial charge >= 0.3 is 0 Å². The number of amides is 1. The van der Waals surface area contributed by atoms with Crippen LogP contribution >= 0.6 is 0 Å². The minimum Gasteiger partial charge on any atom is -0.324 e. The van der Waals surface area contributed by atoms with Gasteiger partial charge < -0.3 is 4.98 Å². The number of H-pyrrole nitrogens is 1. The van der Waals surface area contributed by atoms with Gasteiger partial charge in [-0.25, -0.2) is 18.1 Å². The van der Waals surface area contributed by atoms with Crippen molar-refractivity contribution < 1.29 is 13.2 Å². The van der Waals surface area contributed by atoms with E-state index in [4.69, 9.17) is 0 Å². The van der Waals surface area contributed by atoms with Gasteiger partial charge in [0.05, 0.1) is 15.9 Å². The summed E-state index contributed by atoms with van der Waals surface area (Å²) in [5.74, 6) is 0.567. The van der Waals surface area contributed by atoms with Crippen molar-refractivity contribution in [2.24, 2.45) is 0 Å². The highest BCUT2D eigenvalue weighted by Gasteiger charge is 2.18. The molecule has 1 heterocycles. The number of sulfonamides is 1. The van der Waals surface area contributed by atoms with Crippen LogP contribution in [0.15, 0.2) is 53.4 Å². The third kappa shape index (κ3) is 4.88. The molecule has 0 radical (unpaired) electrons. The number of carbonyl (C=O) groups excluding carboxylic acids is 1. The highest BCUT2D eigenvalue weighted by Crippen LogP contribution is 2.32. The van der Waals surface area contributed by atoms with Crippen LogP contribution in [0.2, 0.25) is 0 Å². The quantitative estimate of drug-likeness (QED) is 0.533. The van der Waals surface area contributed by atoms with E-state index in [1.165, 1.54) is 37.7 Å². The molecule has 30 heavy (non-hydrogen) atoms. The van der Waals surface area contributed by atoms with Crippen molar-refractivity contribution in [2.45, 2.75) is 49.3 Å². The van der Waals surface area contributed by atoms with Gasteiger partial charge in [-0.1, -0.05) is 43.5 Å². The highest BCUT2D eigenvalue weighted by atomic mass is 32.2. The van der Waals surface area contributed by atoms with Crippen molar-refractivity contribution in [3.05, 3.63) is 54.1 Å². The maximum absolute atomic E-state index is 12.5. The summed E-state index contributed by atoms with van der Waals surface area (Å²) in [4.78, 5) is 19.6. The zero-order valence-corrected chi connectivity index (χ0v) is 17.5. The smallest absolute Gasteiger partial charge is 0.240 e. The molecule has 2 aromatic carbocycles. The number of nitrogens with one attached hydrogen (secondary N) is 3. The third-order valence-corrected chi connectivity index (χ3v) is 7.04. The van der Waals surface area contributed by atoms with E-state index >= 15 is 0 Å². The lowest BCUT2D eigenvalue weighted by molar-refractivity contribution is -0.116.